The first-order chi connectivity index (χ1) is 10.3. The molecule has 2 heterocycles. The van der Waals surface area contributed by atoms with Gasteiger partial charge in [-0.15, -0.1) is 0 Å². The van der Waals surface area contributed by atoms with Gasteiger partial charge in [-0.3, -0.25) is 18.8 Å². The molecule has 0 aliphatic rings. The second-order valence-electron chi connectivity index (χ2n) is 5.67. The molecule has 0 saturated heterocycles. The van der Waals surface area contributed by atoms with Gasteiger partial charge in [-0.1, -0.05) is 6.07 Å². The Balaban J connectivity index is 2.29. The van der Waals surface area contributed by atoms with Crippen molar-refractivity contribution >= 4 is 23.7 Å². The van der Waals surface area contributed by atoms with E-state index in [4.69, 9.17) is 4.74 Å². The number of carbonyl (C=O) groups excluding carboxylic acids is 2. The highest BCUT2D eigenvalue weighted by atomic mass is 16.6. The van der Waals surface area contributed by atoms with E-state index >= 15 is 0 Å². The second-order valence-corrected chi connectivity index (χ2v) is 5.67. The molecule has 0 unspecified atom stereocenters. The Kier molecular flexibility index (Phi) is 4.25. The van der Waals surface area contributed by atoms with Crippen LogP contribution in [-0.4, -0.2) is 33.8 Å². The van der Waals surface area contributed by atoms with E-state index in [9.17, 15) is 14.4 Å². The Labute approximate surface area is 126 Å². The number of hydrogen-bond donors (Lipinski definition) is 1. The SMILES string of the molecule is CC(C)(C)OC(=O)CNc1nc2ccccn2c(=O)c1C=O. The number of nitrogens with zero attached hydrogens (tertiary/aromatic N) is 2. The zero-order valence-electron chi connectivity index (χ0n) is 12.6. The fourth-order valence-corrected chi connectivity index (χ4v) is 1.88. The van der Waals surface area contributed by atoms with E-state index in [0.717, 1.165) is 0 Å². The number of aldehydes is 1. The molecule has 116 valence electrons. The number of hydrogen-bond acceptors (Lipinski definition) is 6. The van der Waals surface area contributed by atoms with Crippen LogP contribution >= 0.6 is 0 Å². The van der Waals surface area contributed by atoms with Gasteiger partial charge in [0, 0.05) is 6.20 Å². The van der Waals surface area contributed by atoms with E-state index < -0.39 is 17.1 Å². The van der Waals surface area contributed by atoms with E-state index in [2.05, 4.69) is 10.3 Å². The van der Waals surface area contributed by atoms with Crippen molar-refractivity contribution in [3.05, 3.63) is 40.3 Å². The Bertz CT molecular complexity index is 774. The topological polar surface area (TPSA) is 89.8 Å². The number of aromatic nitrogens is 2. The van der Waals surface area contributed by atoms with E-state index in [1.165, 1.54) is 10.6 Å². The highest BCUT2D eigenvalue weighted by Gasteiger charge is 2.17. The molecule has 0 bridgehead atoms. The minimum absolute atomic E-state index is 0.0667. The summed E-state index contributed by atoms with van der Waals surface area (Å²) in [7, 11) is 0. The third-order valence-corrected chi connectivity index (χ3v) is 2.71. The van der Waals surface area contributed by atoms with Gasteiger partial charge in [0.05, 0.1) is 0 Å². The third kappa shape index (κ3) is 3.49. The van der Waals surface area contributed by atoms with Crippen molar-refractivity contribution in [3.63, 3.8) is 0 Å². The van der Waals surface area contributed by atoms with Crippen molar-refractivity contribution in [2.75, 3.05) is 11.9 Å². The first-order valence-corrected chi connectivity index (χ1v) is 6.74. The van der Waals surface area contributed by atoms with Crippen LogP contribution in [-0.2, 0) is 9.53 Å². The number of anilines is 1. The Morgan fingerprint density at radius 2 is 2.14 bits per heavy atom. The molecule has 0 aromatic carbocycles. The van der Waals surface area contributed by atoms with Crippen molar-refractivity contribution in [1.29, 1.82) is 0 Å². The maximum Gasteiger partial charge on any atom is 0.325 e. The summed E-state index contributed by atoms with van der Waals surface area (Å²) >= 11 is 0. The lowest BCUT2D eigenvalue weighted by atomic mass is 10.2. The molecule has 2 rings (SSSR count). The van der Waals surface area contributed by atoms with Crippen LogP contribution < -0.4 is 10.9 Å². The summed E-state index contributed by atoms with van der Waals surface area (Å²) in [6, 6.07) is 5.02. The lowest BCUT2D eigenvalue weighted by molar-refractivity contribution is -0.152. The quantitative estimate of drug-likeness (QED) is 0.675. The molecular weight excluding hydrogens is 286 g/mol. The Morgan fingerprint density at radius 1 is 1.41 bits per heavy atom. The average Bonchev–Trinajstić information content (AvgIpc) is 2.43. The van der Waals surface area contributed by atoms with Crippen LogP contribution in [0.1, 0.15) is 31.1 Å². The van der Waals surface area contributed by atoms with Gasteiger partial charge in [-0.2, -0.15) is 0 Å². The molecule has 0 fully saturated rings. The maximum atomic E-state index is 12.2. The number of ether oxygens (including phenoxy) is 1. The molecule has 0 saturated carbocycles. The van der Waals surface area contributed by atoms with Gasteiger partial charge in [0.15, 0.2) is 6.29 Å². The van der Waals surface area contributed by atoms with Gasteiger partial charge in [-0.05, 0) is 32.9 Å². The summed E-state index contributed by atoms with van der Waals surface area (Å²) in [5.41, 5.74) is -0.855. The van der Waals surface area contributed by atoms with Gasteiger partial charge < -0.3 is 10.1 Å². The van der Waals surface area contributed by atoms with Crippen molar-refractivity contribution in [2.24, 2.45) is 0 Å². The van der Waals surface area contributed by atoms with Crippen molar-refractivity contribution in [1.82, 2.24) is 9.38 Å². The first kappa shape index (κ1) is 15.7. The molecule has 2 aromatic heterocycles. The molecule has 7 heteroatoms. The lowest BCUT2D eigenvalue weighted by Gasteiger charge is -2.19. The van der Waals surface area contributed by atoms with Crippen LogP contribution in [0.25, 0.3) is 5.65 Å². The average molecular weight is 303 g/mol. The summed E-state index contributed by atoms with van der Waals surface area (Å²) in [6.45, 7) is 5.07. The first-order valence-electron chi connectivity index (χ1n) is 6.74. The van der Waals surface area contributed by atoms with Gasteiger partial charge >= 0.3 is 5.97 Å². The standard InChI is InChI=1S/C15H17N3O4/c1-15(2,3)22-12(20)8-16-13-10(9-19)14(21)18-7-5-4-6-11(18)17-13/h4-7,9,16H,8H2,1-3H3. The molecule has 22 heavy (non-hydrogen) atoms. The summed E-state index contributed by atoms with van der Waals surface area (Å²) < 4.78 is 6.42. The molecule has 0 atom stereocenters. The summed E-state index contributed by atoms with van der Waals surface area (Å²) in [4.78, 5) is 39.2. The van der Waals surface area contributed by atoms with Crippen molar-refractivity contribution in [3.8, 4) is 0 Å². The number of nitrogens with one attached hydrogen (secondary N) is 1. The monoisotopic (exact) mass is 303 g/mol. The minimum atomic E-state index is -0.609. The highest BCUT2D eigenvalue weighted by Crippen LogP contribution is 2.10. The molecule has 2 aromatic rings. The van der Waals surface area contributed by atoms with E-state index in [1.807, 2.05) is 0 Å². The van der Waals surface area contributed by atoms with Crippen LogP contribution in [0.2, 0.25) is 0 Å². The van der Waals surface area contributed by atoms with Gasteiger partial charge in [0.2, 0.25) is 0 Å². The molecule has 0 spiro atoms. The summed E-state index contributed by atoms with van der Waals surface area (Å²) in [6.07, 6.45) is 1.95. The van der Waals surface area contributed by atoms with E-state index in [0.29, 0.717) is 11.9 Å². The molecule has 0 aliphatic carbocycles. The predicted octanol–water partition coefficient (Wildman–Crippen LogP) is 1.26. The second kappa shape index (κ2) is 5.97. The molecule has 0 radical (unpaired) electrons. The fraction of sp³-hybridized carbons (Fsp3) is 0.333. The van der Waals surface area contributed by atoms with Gasteiger partial charge in [0.1, 0.15) is 29.2 Å². The van der Waals surface area contributed by atoms with Crippen LogP contribution in [0.5, 0.6) is 0 Å². The van der Waals surface area contributed by atoms with Crippen LogP contribution in [0.3, 0.4) is 0 Å². The minimum Gasteiger partial charge on any atom is -0.459 e. The number of fused-ring (bicyclic) bond motifs is 1. The zero-order chi connectivity index (χ0) is 16.3. The van der Waals surface area contributed by atoms with Crippen molar-refractivity contribution in [2.45, 2.75) is 26.4 Å². The van der Waals surface area contributed by atoms with E-state index in [1.54, 1.807) is 39.0 Å². The number of rotatable bonds is 4. The Morgan fingerprint density at radius 3 is 2.77 bits per heavy atom. The molecule has 1 N–H and O–H groups in total. The number of esters is 1. The Hall–Kier alpha value is -2.70. The normalized spacial score (nSPS) is 11.2. The summed E-state index contributed by atoms with van der Waals surface area (Å²) in [5, 5.41) is 2.69. The van der Waals surface area contributed by atoms with Crippen LogP contribution in [0.4, 0.5) is 5.82 Å². The lowest BCUT2D eigenvalue weighted by Crippen LogP contribution is -2.29. The van der Waals surface area contributed by atoms with Gasteiger partial charge in [-0.25, -0.2) is 4.98 Å². The molecule has 7 nitrogen and oxygen atoms in total. The summed E-state index contributed by atoms with van der Waals surface area (Å²) in [5.74, 6) is -0.434. The number of pyridine rings is 1. The van der Waals surface area contributed by atoms with Gasteiger partial charge in [0.25, 0.3) is 5.56 Å². The molecule has 0 amide bonds. The van der Waals surface area contributed by atoms with E-state index in [-0.39, 0.29) is 17.9 Å². The highest BCUT2D eigenvalue weighted by molar-refractivity contribution is 5.84. The molecular formula is C15H17N3O4. The zero-order valence-corrected chi connectivity index (χ0v) is 12.6. The fourth-order valence-electron chi connectivity index (χ4n) is 1.88. The predicted molar refractivity (Wildman–Crippen MR) is 81.2 cm³/mol. The largest absolute Gasteiger partial charge is 0.459 e. The third-order valence-electron chi connectivity index (χ3n) is 2.71. The smallest absolute Gasteiger partial charge is 0.325 e. The van der Waals surface area contributed by atoms with Crippen LogP contribution in [0, 0.1) is 0 Å². The van der Waals surface area contributed by atoms with Crippen LogP contribution in [0.15, 0.2) is 29.2 Å². The number of carbonyl (C=O) groups is 2. The maximum absolute atomic E-state index is 12.2. The van der Waals surface area contributed by atoms with Crippen molar-refractivity contribution < 1.29 is 14.3 Å². The molecule has 0 aliphatic heterocycles.